The summed E-state index contributed by atoms with van der Waals surface area (Å²) in [5.41, 5.74) is 2.44. The quantitative estimate of drug-likeness (QED) is 0.513. The van der Waals surface area contributed by atoms with Crippen LogP contribution in [0.4, 0.5) is 17.6 Å². The van der Waals surface area contributed by atoms with Crippen LogP contribution >= 0.6 is 15.9 Å². The maximum Gasteiger partial charge on any atom is 0.490 e. The van der Waals surface area contributed by atoms with E-state index in [1.54, 1.807) is 6.07 Å². The Hall–Kier alpha value is -1.35. The monoisotopic (exact) mass is 453 g/mol. The first-order valence-electron chi connectivity index (χ1n) is 8.81. The Morgan fingerprint density at radius 2 is 1.96 bits per heavy atom. The van der Waals surface area contributed by atoms with Gasteiger partial charge in [-0.2, -0.15) is 13.2 Å². The van der Waals surface area contributed by atoms with Gasteiger partial charge in [-0.05, 0) is 71.3 Å². The minimum absolute atomic E-state index is 0.145. The van der Waals surface area contributed by atoms with E-state index < -0.39 is 18.0 Å². The van der Waals surface area contributed by atoms with E-state index in [0.717, 1.165) is 24.9 Å². The number of piperidine rings is 1. The standard InChI is InChI=1S/C16H19BrFNO.C2HF3O2/c17-14-13-9(7-11(18)15(14)20)8-12-10-3-1-2-4-16(10,13)5-6-19-12;3-2(4,5)1(6)7/h7,10,12,19-20H,1-6,8H2;(H,6,7)/t10-,12+,16+;/m0./s1. The van der Waals surface area contributed by atoms with Crippen LogP contribution in [-0.4, -0.2) is 34.9 Å². The number of alkyl halides is 3. The van der Waals surface area contributed by atoms with Crippen molar-refractivity contribution in [2.75, 3.05) is 6.54 Å². The topological polar surface area (TPSA) is 69.6 Å². The van der Waals surface area contributed by atoms with E-state index in [1.807, 2.05) is 0 Å². The zero-order valence-electron chi connectivity index (χ0n) is 14.4. The summed E-state index contributed by atoms with van der Waals surface area (Å²) in [5.74, 6) is -2.83. The predicted molar refractivity (Wildman–Crippen MR) is 93.2 cm³/mol. The molecule has 2 fully saturated rings. The number of carboxylic acids is 1. The smallest absolute Gasteiger partial charge is 0.490 e. The van der Waals surface area contributed by atoms with Crippen molar-refractivity contribution >= 4 is 21.9 Å². The second-order valence-electron chi connectivity index (χ2n) is 7.38. The van der Waals surface area contributed by atoms with Crippen molar-refractivity contribution in [3.05, 3.63) is 27.5 Å². The highest BCUT2D eigenvalue weighted by Crippen LogP contribution is 2.57. The number of hydrogen-bond acceptors (Lipinski definition) is 3. The van der Waals surface area contributed by atoms with E-state index in [1.165, 1.54) is 31.2 Å². The van der Waals surface area contributed by atoms with Gasteiger partial charge in [-0.25, -0.2) is 9.18 Å². The van der Waals surface area contributed by atoms with E-state index in [2.05, 4.69) is 21.2 Å². The van der Waals surface area contributed by atoms with E-state index in [9.17, 15) is 22.7 Å². The van der Waals surface area contributed by atoms with Gasteiger partial charge in [0.05, 0.1) is 4.47 Å². The Morgan fingerprint density at radius 3 is 2.59 bits per heavy atom. The number of fused-ring (bicyclic) bond motifs is 1. The van der Waals surface area contributed by atoms with E-state index in [-0.39, 0.29) is 11.2 Å². The molecule has 0 spiro atoms. The molecule has 3 N–H and O–H groups in total. The highest BCUT2D eigenvalue weighted by molar-refractivity contribution is 9.10. The van der Waals surface area contributed by atoms with Gasteiger partial charge < -0.3 is 15.5 Å². The number of rotatable bonds is 0. The number of benzene rings is 1. The lowest BCUT2D eigenvalue weighted by Crippen LogP contribution is -2.59. The van der Waals surface area contributed by atoms with Crippen LogP contribution in [0.25, 0.3) is 0 Å². The molecule has 0 unspecified atom stereocenters. The van der Waals surface area contributed by atoms with Crippen LogP contribution in [0.15, 0.2) is 10.5 Å². The fourth-order valence-electron chi connectivity index (χ4n) is 5.03. The van der Waals surface area contributed by atoms with Gasteiger partial charge in [-0.3, -0.25) is 0 Å². The molecule has 27 heavy (non-hydrogen) atoms. The summed E-state index contributed by atoms with van der Waals surface area (Å²) in [6, 6.07) is 2.04. The minimum atomic E-state index is -5.08. The molecule has 1 aliphatic heterocycles. The summed E-state index contributed by atoms with van der Waals surface area (Å²) in [4.78, 5) is 8.90. The van der Waals surface area contributed by atoms with Crippen LogP contribution in [0.2, 0.25) is 0 Å². The van der Waals surface area contributed by atoms with Gasteiger partial charge in [0, 0.05) is 11.5 Å². The summed E-state index contributed by atoms with van der Waals surface area (Å²) in [6.07, 6.45) is 1.87. The predicted octanol–water partition coefficient (Wildman–Crippen LogP) is 4.27. The molecular formula is C18H20BrF4NO3. The summed E-state index contributed by atoms with van der Waals surface area (Å²) in [5, 5.41) is 20.8. The summed E-state index contributed by atoms with van der Waals surface area (Å²) < 4.78 is 46.2. The molecule has 4 nitrogen and oxygen atoms in total. The van der Waals surface area contributed by atoms with Crippen molar-refractivity contribution in [2.24, 2.45) is 5.92 Å². The Balaban J connectivity index is 0.000000260. The van der Waals surface area contributed by atoms with Crippen molar-refractivity contribution in [3.63, 3.8) is 0 Å². The third-order valence-corrected chi connectivity index (χ3v) is 6.79. The first-order chi connectivity index (χ1) is 12.6. The average Bonchev–Trinajstić information content (AvgIpc) is 2.59. The van der Waals surface area contributed by atoms with Gasteiger partial charge in [0.25, 0.3) is 0 Å². The van der Waals surface area contributed by atoms with Crippen LogP contribution < -0.4 is 5.32 Å². The number of carbonyl (C=O) groups is 1. The van der Waals surface area contributed by atoms with Crippen molar-refractivity contribution < 1.29 is 32.6 Å². The largest absolute Gasteiger partial charge is 0.504 e. The van der Waals surface area contributed by atoms with Crippen LogP contribution in [-0.2, 0) is 16.6 Å². The molecule has 2 bridgehead atoms. The Morgan fingerprint density at radius 1 is 1.30 bits per heavy atom. The molecule has 1 saturated carbocycles. The number of hydrogen-bond donors (Lipinski definition) is 3. The van der Waals surface area contributed by atoms with Crippen LogP contribution in [0.1, 0.15) is 43.2 Å². The molecule has 3 aliphatic rings. The molecule has 2 aliphatic carbocycles. The second-order valence-corrected chi connectivity index (χ2v) is 8.17. The number of aliphatic carboxylic acids is 1. The van der Waals surface area contributed by atoms with E-state index >= 15 is 0 Å². The number of nitrogens with one attached hydrogen (secondary N) is 1. The number of aromatic hydroxyl groups is 1. The third kappa shape index (κ3) is 3.55. The SMILES string of the molecule is O=C(O)C(F)(F)F.Oc1c(F)cc2c(c1Br)[C@@]13CCCC[C@H]1[C@@H](C2)NCC3. The van der Waals surface area contributed by atoms with Crippen LogP contribution in [0, 0.1) is 11.7 Å². The molecule has 1 heterocycles. The third-order valence-electron chi connectivity index (χ3n) is 6.02. The normalized spacial score (nSPS) is 29.1. The van der Waals surface area contributed by atoms with Gasteiger partial charge in [0.1, 0.15) is 0 Å². The van der Waals surface area contributed by atoms with Crippen LogP contribution in [0.3, 0.4) is 0 Å². The number of carboxylic acid groups (broad SMARTS) is 1. The average molecular weight is 454 g/mol. The van der Waals surface area contributed by atoms with E-state index in [4.69, 9.17) is 9.90 Å². The lowest BCUT2D eigenvalue weighted by molar-refractivity contribution is -0.192. The van der Waals surface area contributed by atoms with Crippen LogP contribution in [0.5, 0.6) is 5.75 Å². The molecule has 1 aromatic carbocycles. The summed E-state index contributed by atoms with van der Waals surface area (Å²) in [7, 11) is 0. The van der Waals surface area contributed by atoms with Gasteiger partial charge in [-0.1, -0.05) is 12.8 Å². The zero-order valence-corrected chi connectivity index (χ0v) is 16.0. The van der Waals surface area contributed by atoms with Crippen molar-refractivity contribution in [1.29, 1.82) is 0 Å². The minimum Gasteiger partial charge on any atom is -0.504 e. The van der Waals surface area contributed by atoms with E-state index in [0.29, 0.717) is 16.4 Å². The lowest BCUT2D eigenvalue weighted by Gasteiger charge is -2.56. The first-order valence-corrected chi connectivity index (χ1v) is 9.61. The number of phenols is 1. The Kier molecular flexibility index (Phi) is 5.46. The van der Waals surface area contributed by atoms with Crippen molar-refractivity contribution in [1.82, 2.24) is 5.32 Å². The maximum atomic E-state index is 13.9. The highest BCUT2D eigenvalue weighted by Gasteiger charge is 2.52. The summed E-state index contributed by atoms with van der Waals surface area (Å²) >= 11 is 3.49. The molecular weight excluding hydrogens is 434 g/mol. The summed E-state index contributed by atoms with van der Waals surface area (Å²) in [6.45, 7) is 1.03. The highest BCUT2D eigenvalue weighted by atomic mass is 79.9. The van der Waals surface area contributed by atoms with Gasteiger partial charge in [0.15, 0.2) is 11.6 Å². The van der Waals surface area contributed by atoms with Gasteiger partial charge in [-0.15, -0.1) is 0 Å². The zero-order chi connectivity index (χ0) is 20.0. The van der Waals surface area contributed by atoms with Gasteiger partial charge in [0.2, 0.25) is 0 Å². The number of phenolic OH excluding ortho intramolecular Hbond substituents is 1. The molecule has 1 aromatic rings. The molecule has 150 valence electrons. The molecule has 0 aromatic heterocycles. The molecule has 4 rings (SSSR count). The van der Waals surface area contributed by atoms with Crippen molar-refractivity contribution in [2.45, 2.75) is 56.2 Å². The molecule has 0 radical (unpaired) electrons. The van der Waals surface area contributed by atoms with Crippen molar-refractivity contribution in [3.8, 4) is 5.75 Å². The fourth-order valence-corrected chi connectivity index (χ4v) is 5.87. The molecule has 1 saturated heterocycles. The lowest BCUT2D eigenvalue weighted by atomic mass is 9.53. The molecule has 0 amide bonds. The molecule has 3 atom stereocenters. The Bertz CT molecular complexity index is 751. The maximum absolute atomic E-state index is 13.9. The second kappa shape index (κ2) is 7.24. The fraction of sp³-hybridized carbons (Fsp3) is 0.611. The molecule has 9 heteroatoms. The van der Waals surface area contributed by atoms with Gasteiger partial charge >= 0.3 is 12.1 Å². The number of halogens is 5. The Labute approximate surface area is 162 Å². The first kappa shape index (κ1) is 20.4.